The van der Waals surface area contributed by atoms with Crippen molar-refractivity contribution in [2.75, 3.05) is 13.7 Å². The van der Waals surface area contributed by atoms with Gasteiger partial charge in [-0.2, -0.15) is 0 Å². The molecular formula is C17H19N3O. The molecule has 1 unspecified atom stereocenters. The van der Waals surface area contributed by atoms with Crippen LogP contribution in [0, 0.1) is 0 Å². The van der Waals surface area contributed by atoms with Gasteiger partial charge in [-0.3, -0.25) is 0 Å². The van der Waals surface area contributed by atoms with E-state index in [4.69, 9.17) is 10.5 Å². The first kappa shape index (κ1) is 13.8. The Bertz CT molecular complexity index is 721. The lowest BCUT2D eigenvalue weighted by Gasteiger charge is -2.12. The second-order valence-electron chi connectivity index (χ2n) is 5.09. The normalized spacial score (nSPS) is 12.7. The van der Waals surface area contributed by atoms with E-state index in [1.807, 2.05) is 42.5 Å². The lowest BCUT2D eigenvalue weighted by Crippen LogP contribution is -2.11. The van der Waals surface area contributed by atoms with E-state index in [1.54, 1.807) is 7.11 Å². The average Bonchev–Trinajstić information content (AvgIpc) is 2.95. The van der Waals surface area contributed by atoms with Crippen LogP contribution in [0.3, 0.4) is 0 Å². The molecule has 4 heteroatoms. The molecule has 0 aliphatic heterocycles. The lowest BCUT2D eigenvalue weighted by molar-refractivity contribution is 0.201. The van der Waals surface area contributed by atoms with Crippen molar-refractivity contribution in [2.45, 2.75) is 12.5 Å². The topological polar surface area (TPSA) is 63.9 Å². The molecule has 0 amide bonds. The summed E-state index contributed by atoms with van der Waals surface area (Å²) in [6.45, 7) is 0.663. The maximum atomic E-state index is 6.34. The number of aromatic amines is 1. The quantitative estimate of drug-likeness (QED) is 0.756. The highest BCUT2D eigenvalue weighted by molar-refractivity contribution is 5.76. The summed E-state index contributed by atoms with van der Waals surface area (Å²) in [4.78, 5) is 7.88. The summed E-state index contributed by atoms with van der Waals surface area (Å²) in [6.07, 6.45) is 0.783. The minimum atomic E-state index is -0.124. The standard InChI is InChI=1S/C17H19N3O/c1-21-10-9-16-19-14-8-7-13(11-15(14)20-16)17(18)12-5-3-2-4-6-12/h2-8,11,17H,9-10,18H2,1H3,(H,19,20). The molecule has 0 spiro atoms. The van der Waals surface area contributed by atoms with Crippen molar-refractivity contribution < 1.29 is 4.74 Å². The van der Waals surface area contributed by atoms with E-state index in [0.717, 1.165) is 34.4 Å². The van der Waals surface area contributed by atoms with Gasteiger partial charge in [0.15, 0.2) is 0 Å². The molecule has 0 aliphatic carbocycles. The van der Waals surface area contributed by atoms with Crippen LogP contribution in [0.15, 0.2) is 48.5 Å². The van der Waals surface area contributed by atoms with E-state index in [1.165, 1.54) is 0 Å². The van der Waals surface area contributed by atoms with Gasteiger partial charge < -0.3 is 15.5 Å². The van der Waals surface area contributed by atoms with Crippen LogP contribution in [-0.2, 0) is 11.2 Å². The Morgan fingerprint density at radius 3 is 2.71 bits per heavy atom. The van der Waals surface area contributed by atoms with Crippen LogP contribution in [0.5, 0.6) is 0 Å². The summed E-state index contributed by atoms with van der Waals surface area (Å²) >= 11 is 0. The summed E-state index contributed by atoms with van der Waals surface area (Å²) in [7, 11) is 1.69. The number of H-pyrrole nitrogens is 1. The number of hydrogen-bond acceptors (Lipinski definition) is 3. The van der Waals surface area contributed by atoms with Crippen LogP contribution < -0.4 is 5.73 Å². The molecule has 1 heterocycles. The molecule has 2 aromatic carbocycles. The van der Waals surface area contributed by atoms with Gasteiger partial charge in [-0.05, 0) is 23.3 Å². The number of nitrogens with zero attached hydrogens (tertiary/aromatic N) is 1. The van der Waals surface area contributed by atoms with Crippen LogP contribution >= 0.6 is 0 Å². The summed E-state index contributed by atoms with van der Waals surface area (Å²) in [5, 5.41) is 0. The largest absolute Gasteiger partial charge is 0.384 e. The first-order chi connectivity index (χ1) is 10.3. The minimum absolute atomic E-state index is 0.124. The molecule has 0 saturated carbocycles. The minimum Gasteiger partial charge on any atom is -0.384 e. The van der Waals surface area contributed by atoms with Crippen molar-refractivity contribution in [1.82, 2.24) is 9.97 Å². The van der Waals surface area contributed by atoms with Gasteiger partial charge in [0.1, 0.15) is 5.82 Å². The number of hydrogen-bond donors (Lipinski definition) is 2. The number of nitrogens with two attached hydrogens (primary N) is 1. The zero-order valence-electron chi connectivity index (χ0n) is 12.0. The van der Waals surface area contributed by atoms with Gasteiger partial charge in [0.25, 0.3) is 0 Å². The van der Waals surface area contributed by atoms with Gasteiger partial charge in [-0.25, -0.2) is 4.98 Å². The monoisotopic (exact) mass is 281 g/mol. The van der Waals surface area contributed by atoms with Gasteiger partial charge in [0, 0.05) is 13.5 Å². The van der Waals surface area contributed by atoms with Crippen LogP contribution in [0.2, 0.25) is 0 Å². The number of aromatic nitrogens is 2. The van der Waals surface area contributed by atoms with Gasteiger partial charge in [0.2, 0.25) is 0 Å². The highest BCUT2D eigenvalue weighted by atomic mass is 16.5. The number of fused-ring (bicyclic) bond motifs is 1. The Hall–Kier alpha value is -2.17. The summed E-state index contributed by atoms with van der Waals surface area (Å²) in [6, 6.07) is 16.1. The molecule has 3 N–H and O–H groups in total. The highest BCUT2D eigenvalue weighted by Crippen LogP contribution is 2.22. The number of rotatable bonds is 5. The van der Waals surface area contributed by atoms with Crippen molar-refractivity contribution in [3.8, 4) is 0 Å². The molecule has 0 fully saturated rings. The summed E-state index contributed by atoms with van der Waals surface area (Å²) in [5.74, 6) is 0.942. The molecule has 3 aromatic rings. The lowest BCUT2D eigenvalue weighted by atomic mass is 9.99. The predicted molar refractivity (Wildman–Crippen MR) is 84.1 cm³/mol. The Kier molecular flexibility index (Phi) is 3.99. The third kappa shape index (κ3) is 2.96. The maximum Gasteiger partial charge on any atom is 0.109 e. The fourth-order valence-corrected chi connectivity index (χ4v) is 2.44. The van der Waals surface area contributed by atoms with E-state index < -0.39 is 0 Å². The average molecular weight is 281 g/mol. The number of benzene rings is 2. The summed E-state index contributed by atoms with van der Waals surface area (Å²) in [5.41, 5.74) is 10.5. The fourth-order valence-electron chi connectivity index (χ4n) is 2.44. The zero-order chi connectivity index (χ0) is 14.7. The van der Waals surface area contributed by atoms with Gasteiger partial charge in [0.05, 0.1) is 23.7 Å². The van der Waals surface area contributed by atoms with Gasteiger partial charge in [-0.1, -0.05) is 36.4 Å². The van der Waals surface area contributed by atoms with Crippen LogP contribution in [0.4, 0.5) is 0 Å². The Morgan fingerprint density at radius 1 is 1.14 bits per heavy atom. The molecule has 108 valence electrons. The zero-order valence-corrected chi connectivity index (χ0v) is 12.0. The summed E-state index contributed by atoms with van der Waals surface area (Å²) < 4.78 is 5.08. The first-order valence-corrected chi connectivity index (χ1v) is 7.06. The van der Waals surface area contributed by atoms with E-state index in [0.29, 0.717) is 6.61 Å². The predicted octanol–water partition coefficient (Wildman–Crippen LogP) is 2.80. The molecule has 0 aliphatic rings. The molecule has 1 atom stereocenters. The Morgan fingerprint density at radius 2 is 1.95 bits per heavy atom. The van der Waals surface area contributed by atoms with Crippen LogP contribution in [0.25, 0.3) is 11.0 Å². The van der Waals surface area contributed by atoms with E-state index in [2.05, 4.69) is 16.0 Å². The van der Waals surface area contributed by atoms with E-state index in [9.17, 15) is 0 Å². The van der Waals surface area contributed by atoms with Crippen molar-refractivity contribution in [2.24, 2.45) is 5.73 Å². The second kappa shape index (κ2) is 6.08. The molecule has 21 heavy (non-hydrogen) atoms. The smallest absolute Gasteiger partial charge is 0.109 e. The number of methoxy groups -OCH3 is 1. The molecule has 0 bridgehead atoms. The molecule has 0 radical (unpaired) electrons. The fraction of sp³-hybridized carbons (Fsp3) is 0.235. The third-order valence-corrected chi connectivity index (χ3v) is 3.62. The second-order valence-corrected chi connectivity index (χ2v) is 5.09. The molecule has 1 aromatic heterocycles. The van der Waals surface area contributed by atoms with Crippen molar-refractivity contribution >= 4 is 11.0 Å². The van der Waals surface area contributed by atoms with Crippen LogP contribution in [0.1, 0.15) is 23.0 Å². The van der Waals surface area contributed by atoms with Crippen LogP contribution in [-0.4, -0.2) is 23.7 Å². The van der Waals surface area contributed by atoms with Gasteiger partial charge in [-0.15, -0.1) is 0 Å². The number of nitrogens with one attached hydrogen (secondary N) is 1. The first-order valence-electron chi connectivity index (χ1n) is 7.06. The van der Waals surface area contributed by atoms with Crippen molar-refractivity contribution in [3.63, 3.8) is 0 Å². The van der Waals surface area contributed by atoms with E-state index in [-0.39, 0.29) is 6.04 Å². The Balaban J connectivity index is 1.90. The van der Waals surface area contributed by atoms with Gasteiger partial charge >= 0.3 is 0 Å². The maximum absolute atomic E-state index is 6.34. The highest BCUT2D eigenvalue weighted by Gasteiger charge is 2.10. The molecular weight excluding hydrogens is 262 g/mol. The molecule has 4 nitrogen and oxygen atoms in total. The number of ether oxygens (including phenoxy) is 1. The van der Waals surface area contributed by atoms with E-state index >= 15 is 0 Å². The molecule has 3 rings (SSSR count). The Labute approximate surface area is 124 Å². The SMILES string of the molecule is COCCc1nc2ccc(C(N)c3ccccc3)cc2[nH]1. The molecule has 0 saturated heterocycles. The third-order valence-electron chi connectivity index (χ3n) is 3.62. The number of imidazole rings is 1. The van der Waals surface area contributed by atoms with Crippen molar-refractivity contribution in [3.05, 3.63) is 65.5 Å². The van der Waals surface area contributed by atoms with Crippen molar-refractivity contribution in [1.29, 1.82) is 0 Å².